The van der Waals surface area contributed by atoms with E-state index in [4.69, 9.17) is 9.63 Å². The number of carboxylic acids is 1. The number of carboxylic acid groups (broad SMARTS) is 1. The normalized spacial score (nSPS) is 16.6. The van der Waals surface area contributed by atoms with Crippen molar-refractivity contribution in [2.45, 2.75) is 32.6 Å². The Morgan fingerprint density at radius 1 is 1.47 bits per heavy atom. The van der Waals surface area contributed by atoms with Crippen LogP contribution < -0.4 is 0 Å². The highest BCUT2D eigenvalue weighted by atomic mass is 16.5. The van der Waals surface area contributed by atoms with Gasteiger partial charge in [0.25, 0.3) is 0 Å². The molecule has 104 valence electrons. The van der Waals surface area contributed by atoms with Crippen molar-refractivity contribution in [3.05, 3.63) is 17.5 Å². The molecule has 0 unspecified atom stereocenters. The van der Waals surface area contributed by atoms with E-state index < -0.39 is 5.97 Å². The molecule has 6 heteroatoms. The molecular formula is C13H18N2O4. The SMILES string of the molecule is Cc1nocc1CCC(=O)N1CCC(C(=O)O)CC1. The molecule has 1 aromatic heterocycles. The molecule has 0 spiro atoms. The molecule has 6 nitrogen and oxygen atoms in total. The Labute approximate surface area is 111 Å². The maximum Gasteiger partial charge on any atom is 0.306 e. The van der Waals surface area contributed by atoms with Crippen LogP contribution >= 0.6 is 0 Å². The lowest BCUT2D eigenvalue weighted by Gasteiger charge is -2.30. The number of aromatic nitrogens is 1. The number of carbonyl (C=O) groups excluding carboxylic acids is 1. The van der Waals surface area contributed by atoms with Crippen LogP contribution in [0.1, 0.15) is 30.5 Å². The maximum absolute atomic E-state index is 12.0. The molecule has 2 heterocycles. The molecule has 0 aromatic carbocycles. The van der Waals surface area contributed by atoms with Gasteiger partial charge in [-0.25, -0.2) is 0 Å². The Kier molecular flexibility index (Phi) is 4.19. The fraction of sp³-hybridized carbons (Fsp3) is 0.615. The van der Waals surface area contributed by atoms with Gasteiger partial charge < -0.3 is 14.5 Å². The first kappa shape index (κ1) is 13.6. The quantitative estimate of drug-likeness (QED) is 0.886. The van der Waals surface area contributed by atoms with Crippen LogP contribution in [0.5, 0.6) is 0 Å². The van der Waals surface area contributed by atoms with Crippen LogP contribution in [0.25, 0.3) is 0 Å². The largest absolute Gasteiger partial charge is 0.481 e. The van der Waals surface area contributed by atoms with Gasteiger partial charge in [0, 0.05) is 25.1 Å². The number of piperidine rings is 1. The van der Waals surface area contributed by atoms with Crippen molar-refractivity contribution in [2.75, 3.05) is 13.1 Å². The van der Waals surface area contributed by atoms with E-state index in [1.54, 1.807) is 11.2 Å². The van der Waals surface area contributed by atoms with Crippen LogP contribution in [-0.2, 0) is 16.0 Å². The predicted octanol–water partition coefficient (Wildman–Crippen LogP) is 1.24. The topological polar surface area (TPSA) is 83.6 Å². The first-order valence-corrected chi connectivity index (χ1v) is 6.48. The highest BCUT2D eigenvalue weighted by Gasteiger charge is 2.26. The Balaban J connectivity index is 1.79. The minimum Gasteiger partial charge on any atom is -0.481 e. The fourth-order valence-electron chi connectivity index (χ4n) is 2.33. The third kappa shape index (κ3) is 3.33. The average Bonchev–Trinajstić information content (AvgIpc) is 2.81. The predicted molar refractivity (Wildman–Crippen MR) is 66.5 cm³/mol. The van der Waals surface area contributed by atoms with E-state index in [-0.39, 0.29) is 11.8 Å². The molecule has 1 amide bonds. The molecule has 0 aliphatic carbocycles. The monoisotopic (exact) mass is 266 g/mol. The number of rotatable bonds is 4. The molecule has 2 rings (SSSR count). The number of carbonyl (C=O) groups is 2. The van der Waals surface area contributed by atoms with Crippen molar-refractivity contribution < 1.29 is 19.2 Å². The highest BCUT2D eigenvalue weighted by Crippen LogP contribution is 2.18. The summed E-state index contributed by atoms with van der Waals surface area (Å²) in [4.78, 5) is 24.6. The number of hydrogen-bond donors (Lipinski definition) is 1. The molecule has 1 aliphatic rings. The van der Waals surface area contributed by atoms with Gasteiger partial charge in [-0.3, -0.25) is 9.59 Å². The molecule has 1 N–H and O–H groups in total. The summed E-state index contributed by atoms with van der Waals surface area (Å²) >= 11 is 0. The van der Waals surface area contributed by atoms with E-state index >= 15 is 0 Å². The first-order valence-electron chi connectivity index (χ1n) is 6.48. The molecule has 1 aliphatic heterocycles. The van der Waals surface area contributed by atoms with Gasteiger partial charge in [0.2, 0.25) is 5.91 Å². The minimum atomic E-state index is -0.757. The second-order valence-corrected chi connectivity index (χ2v) is 4.92. The van der Waals surface area contributed by atoms with E-state index in [9.17, 15) is 9.59 Å². The average molecular weight is 266 g/mol. The van der Waals surface area contributed by atoms with Crippen LogP contribution in [0.4, 0.5) is 0 Å². The van der Waals surface area contributed by atoms with E-state index in [0.717, 1.165) is 11.3 Å². The lowest BCUT2D eigenvalue weighted by molar-refractivity contribution is -0.145. The second kappa shape index (κ2) is 5.86. The van der Waals surface area contributed by atoms with Crippen LogP contribution in [-0.4, -0.2) is 40.1 Å². The Bertz CT molecular complexity index is 461. The Morgan fingerprint density at radius 3 is 2.68 bits per heavy atom. The van der Waals surface area contributed by atoms with Gasteiger partial charge >= 0.3 is 5.97 Å². The number of aliphatic carboxylic acids is 1. The highest BCUT2D eigenvalue weighted by molar-refractivity contribution is 5.77. The lowest BCUT2D eigenvalue weighted by Crippen LogP contribution is -2.40. The van der Waals surface area contributed by atoms with Crippen molar-refractivity contribution in [3.8, 4) is 0 Å². The Morgan fingerprint density at radius 2 is 2.16 bits per heavy atom. The lowest BCUT2D eigenvalue weighted by atomic mass is 9.97. The summed E-state index contributed by atoms with van der Waals surface area (Å²) in [5.74, 6) is -0.985. The number of hydrogen-bond acceptors (Lipinski definition) is 4. The van der Waals surface area contributed by atoms with Gasteiger partial charge in [-0.1, -0.05) is 5.16 Å². The van der Waals surface area contributed by atoms with Crippen LogP contribution in [0, 0.1) is 12.8 Å². The van der Waals surface area contributed by atoms with Crippen molar-refractivity contribution in [3.63, 3.8) is 0 Å². The van der Waals surface area contributed by atoms with Gasteiger partial charge in [0.05, 0.1) is 11.6 Å². The molecule has 1 fully saturated rings. The van der Waals surface area contributed by atoms with E-state index in [0.29, 0.717) is 38.8 Å². The number of likely N-dealkylation sites (tertiary alicyclic amines) is 1. The molecule has 19 heavy (non-hydrogen) atoms. The van der Waals surface area contributed by atoms with Crippen molar-refractivity contribution in [1.29, 1.82) is 0 Å². The van der Waals surface area contributed by atoms with Gasteiger partial charge in [-0.15, -0.1) is 0 Å². The third-order valence-corrected chi connectivity index (χ3v) is 3.65. The molecular weight excluding hydrogens is 248 g/mol. The summed E-state index contributed by atoms with van der Waals surface area (Å²) in [5, 5.41) is 12.7. The number of nitrogens with zero attached hydrogens (tertiary/aromatic N) is 2. The molecule has 0 saturated carbocycles. The van der Waals surface area contributed by atoms with Gasteiger partial charge in [-0.05, 0) is 26.2 Å². The first-order chi connectivity index (χ1) is 9.08. The van der Waals surface area contributed by atoms with E-state index in [2.05, 4.69) is 5.16 Å². The zero-order valence-corrected chi connectivity index (χ0v) is 11.0. The fourth-order valence-corrected chi connectivity index (χ4v) is 2.33. The van der Waals surface area contributed by atoms with Crippen LogP contribution in [0.15, 0.2) is 10.8 Å². The molecule has 1 saturated heterocycles. The summed E-state index contributed by atoms with van der Waals surface area (Å²) in [6.07, 6.45) is 3.70. The van der Waals surface area contributed by atoms with Crippen LogP contribution in [0.3, 0.4) is 0 Å². The number of aryl methyl sites for hydroxylation is 2. The smallest absolute Gasteiger partial charge is 0.306 e. The van der Waals surface area contributed by atoms with Crippen molar-refractivity contribution in [2.24, 2.45) is 5.92 Å². The summed E-state index contributed by atoms with van der Waals surface area (Å²) in [7, 11) is 0. The second-order valence-electron chi connectivity index (χ2n) is 4.92. The Hall–Kier alpha value is -1.85. The van der Waals surface area contributed by atoms with E-state index in [1.165, 1.54) is 0 Å². The van der Waals surface area contributed by atoms with Gasteiger partial charge in [0.15, 0.2) is 0 Å². The van der Waals surface area contributed by atoms with Gasteiger partial charge in [0.1, 0.15) is 6.26 Å². The summed E-state index contributed by atoms with van der Waals surface area (Å²) in [6, 6.07) is 0. The maximum atomic E-state index is 12.0. The standard InChI is InChI=1S/C13H18N2O4/c1-9-11(8-19-14-9)2-3-12(16)15-6-4-10(5-7-15)13(17)18/h8,10H,2-7H2,1H3,(H,17,18). The summed E-state index contributed by atoms with van der Waals surface area (Å²) in [5.41, 5.74) is 1.77. The molecule has 0 bridgehead atoms. The minimum absolute atomic E-state index is 0.0736. The molecule has 0 atom stereocenters. The summed E-state index contributed by atoms with van der Waals surface area (Å²) in [6.45, 7) is 2.93. The van der Waals surface area contributed by atoms with E-state index in [1.807, 2.05) is 6.92 Å². The number of amides is 1. The zero-order chi connectivity index (χ0) is 13.8. The molecule has 1 aromatic rings. The van der Waals surface area contributed by atoms with Crippen LogP contribution in [0.2, 0.25) is 0 Å². The summed E-state index contributed by atoms with van der Waals surface area (Å²) < 4.78 is 4.82. The molecule has 0 radical (unpaired) electrons. The van der Waals surface area contributed by atoms with Gasteiger partial charge in [-0.2, -0.15) is 0 Å². The zero-order valence-electron chi connectivity index (χ0n) is 11.0. The third-order valence-electron chi connectivity index (χ3n) is 3.65. The van der Waals surface area contributed by atoms with Crippen molar-refractivity contribution in [1.82, 2.24) is 10.1 Å². The van der Waals surface area contributed by atoms with Crippen molar-refractivity contribution >= 4 is 11.9 Å².